The van der Waals surface area contributed by atoms with Crippen molar-refractivity contribution in [2.24, 2.45) is 0 Å². The summed E-state index contributed by atoms with van der Waals surface area (Å²) in [6.45, 7) is 1.27. The van der Waals surface area contributed by atoms with Gasteiger partial charge in [0.05, 0.1) is 23.1 Å². The quantitative estimate of drug-likeness (QED) is 0.534. The maximum absolute atomic E-state index is 12.8. The van der Waals surface area contributed by atoms with Crippen molar-refractivity contribution in [3.05, 3.63) is 83.8 Å². The first kappa shape index (κ1) is 22.6. The molecule has 0 fully saturated rings. The van der Waals surface area contributed by atoms with E-state index in [-0.39, 0.29) is 22.7 Å². The van der Waals surface area contributed by atoms with Crippen LogP contribution < -0.4 is 10.6 Å². The zero-order valence-corrected chi connectivity index (χ0v) is 16.6. The molecule has 1 aromatic heterocycles. The number of halogens is 3. The largest absolute Gasteiger partial charge is 0.459 e. The number of carbonyl (C=O) groups excluding carboxylic acids is 3. The fourth-order valence-corrected chi connectivity index (χ4v) is 2.66. The van der Waals surface area contributed by atoms with Gasteiger partial charge in [0.25, 0.3) is 11.8 Å². The molecule has 0 aliphatic heterocycles. The predicted octanol–water partition coefficient (Wildman–Crippen LogP) is 4.73. The van der Waals surface area contributed by atoms with Crippen LogP contribution in [0.4, 0.5) is 24.5 Å². The van der Waals surface area contributed by atoms with Crippen molar-refractivity contribution in [1.29, 1.82) is 0 Å². The van der Waals surface area contributed by atoms with E-state index in [0.29, 0.717) is 0 Å². The molecule has 2 aromatic carbocycles. The first-order chi connectivity index (χ1) is 15.1. The minimum Gasteiger partial charge on any atom is -0.459 e. The van der Waals surface area contributed by atoms with Gasteiger partial charge in [-0.15, -0.1) is 0 Å². The Morgan fingerprint density at radius 1 is 0.969 bits per heavy atom. The summed E-state index contributed by atoms with van der Waals surface area (Å²) in [6.07, 6.45) is -4.58. The zero-order chi connectivity index (χ0) is 23.3. The number of alkyl halides is 3. The molecule has 1 heterocycles. The van der Waals surface area contributed by atoms with Crippen LogP contribution in [0.1, 0.15) is 33.4 Å². The number of anilines is 2. The molecular weight excluding hydrogens is 429 g/mol. The molecule has 1 atom stereocenters. The standard InChI is InChI=1S/C22H17F3N2O5/c1-13(19(28)26-15-7-4-6-14(12-15)22(23,24)25)32-21(30)16-8-2-3-9-17(16)27-20(29)18-10-5-11-31-18/h2-13H,1H3,(H,26,28)(H,27,29). The van der Waals surface area contributed by atoms with Gasteiger partial charge >= 0.3 is 12.1 Å². The number of carbonyl (C=O) groups is 3. The third kappa shape index (κ3) is 5.54. The van der Waals surface area contributed by atoms with Crippen LogP contribution in [0.25, 0.3) is 0 Å². The van der Waals surface area contributed by atoms with Crippen LogP contribution in [0.3, 0.4) is 0 Å². The van der Waals surface area contributed by atoms with Gasteiger partial charge < -0.3 is 19.8 Å². The van der Waals surface area contributed by atoms with Gasteiger partial charge in [0.15, 0.2) is 11.9 Å². The Morgan fingerprint density at radius 2 is 1.72 bits per heavy atom. The van der Waals surface area contributed by atoms with E-state index in [1.54, 1.807) is 6.07 Å². The monoisotopic (exact) mass is 446 g/mol. The van der Waals surface area contributed by atoms with Crippen molar-refractivity contribution in [3.63, 3.8) is 0 Å². The summed E-state index contributed by atoms with van der Waals surface area (Å²) in [5.41, 5.74) is -0.921. The molecule has 3 rings (SSSR count). The third-order valence-corrected chi connectivity index (χ3v) is 4.25. The Balaban J connectivity index is 1.67. The van der Waals surface area contributed by atoms with Gasteiger partial charge in [-0.2, -0.15) is 13.2 Å². The molecule has 32 heavy (non-hydrogen) atoms. The minimum absolute atomic E-state index is 0.0221. The van der Waals surface area contributed by atoms with Crippen LogP contribution in [-0.4, -0.2) is 23.9 Å². The first-order valence-corrected chi connectivity index (χ1v) is 9.28. The summed E-state index contributed by atoms with van der Waals surface area (Å²) < 4.78 is 48.6. The Morgan fingerprint density at radius 3 is 2.41 bits per heavy atom. The molecule has 0 aliphatic carbocycles. The molecular formula is C22H17F3N2O5. The van der Waals surface area contributed by atoms with Gasteiger partial charge in [-0.25, -0.2) is 4.79 Å². The molecule has 0 saturated heterocycles. The highest BCUT2D eigenvalue weighted by atomic mass is 19.4. The molecule has 10 heteroatoms. The number of amides is 2. The van der Waals surface area contributed by atoms with Crippen LogP contribution >= 0.6 is 0 Å². The number of esters is 1. The lowest BCUT2D eigenvalue weighted by Gasteiger charge is -2.16. The van der Waals surface area contributed by atoms with Crippen LogP contribution in [0.2, 0.25) is 0 Å². The van der Waals surface area contributed by atoms with Gasteiger partial charge in [0, 0.05) is 5.69 Å². The Hall–Kier alpha value is -4.08. The van der Waals surface area contributed by atoms with E-state index in [2.05, 4.69) is 10.6 Å². The number of furan rings is 1. The van der Waals surface area contributed by atoms with Crippen LogP contribution in [0, 0.1) is 0 Å². The second-order valence-corrected chi connectivity index (χ2v) is 6.59. The number of nitrogens with one attached hydrogen (secondary N) is 2. The van der Waals surface area contributed by atoms with Gasteiger partial charge in [0.1, 0.15) is 0 Å². The minimum atomic E-state index is -4.57. The van der Waals surface area contributed by atoms with E-state index in [9.17, 15) is 27.6 Å². The van der Waals surface area contributed by atoms with Crippen molar-refractivity contribution in [3.8, 4) is 0 Å². The molecule has 1 unspecified atom stereocenters. The second-order valence-electron chi connectivity index (χ2n) is 6.59. The molecule has 7 nitrogen and oxygen atoms in total. The highest BCUT2D eigenvalue weighted by molar-refractivity contribution is 6.07. The number of ether oxygens (including phenoxy) is 1. The summed E-state index contributed by atoms with van der Waals surface area (Å²) in [5, 5.41) is 4.79. The lowest BCUT2D eigenvalue weighted by Crippen LogP contribution is -2.30. The molecule has 166 valence electrons. The number of benzene rings is 2. The summed E-state index contributed by atoms with van der Waals surface area (Å²) in [6, 6.07) is 13.0. The van der Waals surface area contributed by atoms with Gasteiger partial charge in [-0.3, -0.25) is 9.59 Å². The smallest absolute Gasteiger partial charge is 0.416 e. The SMILES string of the molecule is CC(OC(=O)c1ccccc1NC(=O)c1ccco1)C(=O)Nc1cccc(C(F)(F)F)c1. The average molecular weight is 446 g/mol. The number of hydrogen-bond acceptors (Lipinski definition) is 5. The first-order valence-electron chi connectivity index (χ1n) is 9.28. The molecule has 0 aliphatic rings. The fraction of sp³-hybridized carbons (Fsp3) is 0.136. The average Bonchev–Trinajstić information content (AvgIpc) is 3.28. The van der Waals surface area contributed by atoms with Crippen molar-refractivity contribution >= 4 is 29.2 Å². The summed E-state index contributed by atoms with van der Waals surface area (Å²) in [5.74, 6) is -2.30. The maximum atomic E-state index is 12.8. The van der Waals surface area contributed by atoms with Crippen molar-refractivity contribution in [1.82, 2.24) is 0 Å². The number of hydrogen-bond donors (Lipinski definition) is 2. The van der Waals surface area contributed by atoms with E-state index in [4.69, 9.17) is 9.15 Å². The lowest BCUT2D eigenvalue weighted by molar-refractivity contribution is -0.137. The molecule has 2 amide bonds. The number of rotatable bonds is 6. The fourth-order valence-electron chi connectivity index (χ4n) is 2.66. The molecule has 3 aromatic rings. The number of para-hydroxylation sites is 1. The molecule has 0 radical (unpaired) electrons. The van der Waals surface area contributed by atoms with Gasteiger partial charge in [0.2, 0.25) is 0 Å². The van der Waals surface area contributed by atoms with E-state index in [1.807, 2.05) is 0 Å². The topological polar surface area (TPSA) is 97.6 Å². The van der Waals surface area contributed by atoms with Crippen molar-refractivity contribution < 1.29 is 36.7 Å². The highest BCUT2D eigenvalue weighted by Crippen LogP contribution is 2.30. The lowest BCUT2D eigenvalue weighted by atomic mass is 10.1. The van der Waals surface area contributed by atoms with E-state index < -0.39 is 35.6 Å². The van der Waals surface area contributed by atoms with E-state index in [0.717, 1.165) is 18.2 Å². The van der Waals surface area contributed by atoms with Gasteiger partial charge in [-0.1, -0.05) is 18.2 Å². The zero-order valence-electron chi connectivity index (χ0n) is 16.6. The predicted molar refractivity (Wildman–Crippen MR) is 108 cm³/mol. The van der Waals surface area contributed by atoms with Crippen molar-refractivity contribution in [2.45, 2.75) is 19.2 Å². The maximum Gasteiger partial charge on any atom is 0.416 e. The highest BCUT2D eigenvalue weighted by Gasteiger charge is 2.30. The van der Waals surface area contributed by atoms with Gasteiger partial charge in [-0.05, 0) is 49.4 Å². The molecule has 2 N–H and O–H groups in total. The van der Waals surface area contributed by atoms with E-state index in [1.165, 1.54) is 49.6 Å². The van der Waals surface area contributed by atoms with Crippen LogP contribution in [0.5, 0.6) is 0 Å². The normalized spacial score (nSPS) is 12.0. The molecule has 0 bridgehead atoms. The summed E-state index contributed by atoms with van der Waals surface area (Å²) >= 11 is 0. The summed E-state index contributed by atoms with van der Waals surface area (Å²) in [4.78, 5) is 37.0. The molecule has 0 spiro atoms. The summed E-state index contributed by atoms with van der Waals surface area (Å²) in [7, 11) is 0. The third-order valence-electron chi connectivity index (χ3n) is 4.25. The van der Waals surface area contributed by atoms with Crippen LogP contribution in [0.15, 0.2) is 71.3 Å². The molecule has 0 saturated carbocycles. The Bertz CT molecular complexity index is 1130. The Kier molecular flexibility index (Phi) is 6.62. The van der Waals surface area contributed by atoms with Crippen molar-refractivity contribution in [2.75, 3.05) is 10.6 Å². The van der Waals surface area contributed by atoms with Crippen LogP contribution in [-0.2, 0) is 15.7 Å². The Labute approximate surface area is 180 Å². The van der Waals surface area contributed by atoms with E-state index >= 15 is 0 Å². The second kappa shape index (κ2) is 9.38.